The molecule has 1 amide bonds. The lowest BCUT2D eigenvalue weighted by molar-refractivity contribution is -0.119. The Bertz CT molecular complexity index is 736. The molecule has 0 radical (unpaired) electrons. The SMILES string of the molecule is CC(C)(C)[C@H](N)C(=O)Nc1ccc2c(c1)nc1n2CCCCC1.Cl.Cl. The maximum Gasteiger partial charge on any atom is 0.241 e. The molecule has 7 heteroatoms. The molecule has 0 saturated carbocycles. The fourth-order valence-electron chi connectivity index (χ4n) is 3.04. The van der Waals surface area contributed by atoms with E-state index in [1.807, 2.05) is 32.9 Å². The summed E-state index contributed by atoms with van der Waals surface area (Å²) < 4.78 is 2.31. The van der Waals surface area contributed by atoms with Crippen LogP contribution in [0.15, 0.2) is 18.2 Å². The highest BCUT2D eigenvalue weighted by atomic mass is 35.5. The van der Waals surface area contributed by atoms with Gasteiger partial charge in [-0.25, -0.2) is 4.98 Å². The summed E-state index contributed by atoms with van der Waals surface area (Å²) in [6, 6.07) is 5.40. The van der Waals surface area contributed by atoms with Gasteiger partial charge in [0.05, 0.1) is 17.1 Å². The second kappa shape index (κ2) is 8.39. The molecule has 0 saturated heterocycles. The highest BCUT2D eigenvalue weighted by molar-refractivity contribution is 5.96. The van der Waals surface area contributed by atoms with E-state index < -0.39 is 6.04 Å². The summed E-state index contributed by atoms with van der Waals surface area (Å²) in [5.41, 5.74) is 8.62. The Morgan fingerprint density at radius 2 is 1.96 bits per heavy atom. The van der Waals surface area contributed by atoms with Crippen LogP contribution in [0.3, 0.4) is 0 Å². The van der Waals surface area contributed by atoms with E-state index in [0.717, 1.165) is 35.5 Å². The number of benzene rings is 1. The van der Waals surface area contributed by atoms with E-state index in [9.17, 15) is 4.79 Å². The first-order valence-corrected chi connectivity index (χ1v) is 8.42. The first-order valence-electron chi connectivity index (χ1n) is 8.42. The number of nitrogens with two attached hydrogens (primary N) is 1. The summed E-state index contributed by atoms with van der Waals surface area (Å²) in [6.07, 6.45) is 4.71. The van der Waals surface area contributed by atoms with Crippen molar-refractivity contribution in [3.8, 4) is 0 Å². The fraction of sp³-hybridized carbons (Fsp3) is 0.556. The second-order valence-corrected chi connectivity index (χ2v) is 7.53. The fourth-order valence-corrected chi connectivity index (χ4v) is 3.04. The number of anilines is 1. The molecule has 1 aliphatic heterocycles. The lowest BCUT2D eigenvalue weighted by Gasteiger charge is -2.25. The van der Waals surface area contributed by atoms with Crippen molar-refractivity contribution in [2.75, 3.05) is 5.32 Å². The number of rotatable bonds is 2. The summed E-state index contributed by atoms with van der Waals surface area (Å²) in [7, 11) is 0. The highest BCUT2D eigenvalue weighted by Crippen LogP contribution is 2.25. The van der Waals surface area contributed by atoms with Crippen LogP contribution in [0.5, 0.6) is 0 Å². The molecule has 25 heavy (non-hydrogen) atoms. The van der Waals surface area contributed by atoms with Crippen LogP contribution in [0.4, 0.5) is 5.69 Å². The quantitative estimate of drug-likeness (QED) is 0.821. The smallest absolute Gasteiger partial charge is 0.241 e. The predicted molar refractivity (Wildman–Crippen MR) is 108 cm³/mol. The third-order valence-corrected chi connectivity index (χ3v) is 4.59. The van der Waals surface area contributed by atoms with E-state index in [2.05, 4.69) is 16.0 Å². The second-order valence-electron chi connectivity index (χ2n) is 7.53. The van der Waals surface area contributed by atoms with Gasteiger partial charge in [-0.1, -0.05) is 27.2 Å². The minimum absolute atomic E-state index is 0. The van der Waals surface area contributed by atoms with Crippen LogP contribution in [0.25, 0.3) is 11.0 Å². The van der Waals surface area contributed by atoms with Gasteiger partial charge in [0.15, 0.2) is 0 Å². The van der Waals surface area contributed by atoms with Gasteiger partial charge in [0, 0.05) is 18.7 Å². The first-order chi connectivity index (χ1) is 10.9. The number of aryl methyl sites for hydroxylation is 2. The van der Waals surface area contributed by atoms with Crippen molar-refractivity contribution in [1.29, 1.82) is 0 Å². The maximum atomic E-state index is 12.3. The van der Waals surface area contributed by atoms with Crippen LogP contribution in [-0.2, 0) is 17.8 Å². The number of nitrogens with zero attached hydrogens (tertiary/aromatic N) is 2. The van der Waals surface area contributed by atoms with Gasteiger partial charge in [-0.15, -0.1) is 24.8 Å². The molecule has 1 aliphatic rings. The average molecular weight is 387 g/mol. The van der Waals surface area contributed by atoms with Gasteiger partial charge >= 0.3 is 0 Å². The van der Waals surface area contributed by atoms with E-state index in [4.69, 9.17) is 10.7 Å². The van der Waals surface area contributed by atoms with Crippen molar-refractivity contribution in [2.24, 2.45) is 11.1 Å². The third kappa shape index (κ3) is 4.66. The predicted octanol–water partition coefficient (Wildman–Crippen LogP) is 3.92. The Balaban J connectivity index is 0.00000156. The van der Waals surface area contributed by atoms with Crippen LogP contribution >= 0.6 is 24.8 Å². The standard InChI is InChI=1S/C18H26N4O.2ClH/c1-18(2,3)16(19)17(23)20-12-8-9-14-13(11-12)21-15-7-5-4-6-10-22(14)15;;/h8-9,11,16H,4-7,10,19H2,1-3H3,(H,20,23);2*1H/t16-;;/m1../s1. The zero-order valence-corrected chi connectivity index (χ0v) is 16.7. The largest absolute Gasteiger partial charge is 0.328 e. The van der Waals surface area contributed by atoms with Gasteiger partial charge in [-0.3, -0.25) is 4.79 Å². The van der Waals surface area contributed by atoms with Gasteiger partial charge in [-0.2, -0.15) is 0 Å². The number of carbonyl (C=O) groups is 1. The summed E-state index contributed by atoms with van der Waals surface area (Å²) in [6.45, 7) is 6.93. The van der Waals surface area contributed by atoms with Crippen molar-refractivity contribution >= 4 is 47.4 Å². The van der Waals surface area contributed by atoms with Crippen molar-refractivity contribution in [3.05, 3.63) is 24.0 Å². The zero-order chi connectivity index (χ0) is 16.6. The molecule has 0 aliphatic carbocycles. The number of hydrogen-bond donors (Lipinski definition) is 2. The average Bonchev–Trinajstić information content (AvgIpc) is 2.66. The van der Waals surface area contributed by atoms with E-state index in [1.54, 1.807) is 0 Å². The van der Waals surface area contributed by atoms with Gasteiger partial charge in [0.1, 0.15) is 5.82 Å². The molecule has 0 unspecified atom stereocenters. The number of amides is 1. The van der Waals surface area contributed by atoms with Gasteiger partial charge in [0.2, 0.25) is 5.91 Å². The van der Waals surface area contributed by atoms with Gasteiger partial charge in [-0.05, 0) is 36.5 Å². The molecule has 0 spiro atoms. The van der Waals surface area contributed by atoms with E-state index in [-0.39, 0.29) is 36.1 Å². The minimum Gasteiger partial charge on any atom is -0.328 e. The van der Waals surface area contributed by atoms with Crippen LogP contribution in [-0.4, -0.2) is 21.5 Å². The number of hydrogen-bond acceptors (Lipinski definition) is 3. The molecule has 1 aromatic carbocycles. The Kier molecular flexibility index (Phi) is 7.29. The number of imidazole rings is 1. The van der Waals surface area contributed by atoms with E-state index >= 15 is 0 Å². The van der Waals surface area contributed by atoms with Crippen LogP contribution in [0.2, 0.25) is 0 Å². The number of fused-ring (bicyclic) bond motifs is 3. The molecule has 1 atom stereocenters. The van der Waals surface area contributed by atoms with Crippen LogP contribution in [0.1, 0.15) is 45.9 Å². The summed E-state index contributed by atoms with van der Waals surface area (Å²) in [5.74, 6) is 1.00. The molecular weight excluding hydrogens is 359 g/mol. The summed E-state index contributed by atoms with van der Waals surface area (Å²) >= 11 is 0. The summed E-state index contributed by atoms with van der Waals surface area (Å²) in [4.78, 5) is 17.0. The first kappa shape index (κ1) is 21.7. The summed E-state index contributed by atoms with van der Waals surface area (Å²) in [5, 5.41) is 2.92. The van der Waals surface area contributed by atoms with Gasteiger partial charge in [0.25, 0.3) is 0 Å². The lowest BCUT2D eigenvalue weighted by atomic mass is 9.87. The number of nitrogens with one attached hydrogen (secondary N) is 1. The zero-order valence-electron chi connectivity index (χ0n) is 15.0. The Hall–Kier alpha value is -1.30. The lowest BCUT2D eigenvalue weighted by Crippen LogP contribution is -2.45. The number of aromatic nitrogens is 2. The molecule has 0 bridgehead atoms. The van der Waals surface area contributed by atoms with Crippen molar-refractivity contribution < 1.29 is 4.79 Å². The maximum absolute atomic E-state index is 12.3. The highest BCUT2D eigenvalue weighted by Gasteiger charge is 2.27. The molecule has 3 N–H and O–H groups in total. The third-order valence-electron chi connectivity index (χ3n) is 4.59. The van der Waals surface area contributed by atoms with Crippen molar-refractivity contribution in [2.45, 2.75) is 59.0 Å². The van der Waals surface area contributed by atoms with Crippen LogP contribution < -0.4 is 11.1 Å². The number of halogens is 2. The number of carbonyl (C=O) groups excluding carboxylic acids is 1. The van der Waals surface area contributed by atoms with Crippen molar-refractivity contribution in [3.63, 3.8) is 0 Å². The monoisotopic (exact) mass is 386 g/mol. The molecule has 2 aromatic rings. The molecule has 2 heterocycles. The van der Waals surface area contributed by atoms with Crippen LogP contribution in [0, 0.1) is 5.41 Å². The van der Waals surface area contributed by atoms with Crippen molar-refractivity contribution in [1.82, 2.24) is 9.55 Å². The minimum atomic E-state index is -0.545. The molecular formula is C18H28Cl2N4O. The molecule has 1 aromatic heterocycles. The Morgan fingerprint density at radius 3 is 2.64 bits per heavy atom. The van der Waals surface area contributed by atoms with E-state index in [0.29, 0.717) is 0 Å². The normalized spacial score (nSPS) is 15.4. The molecule has 0 fully saturated rings. The Morgan fingerprint density at radius 1 is 1.24 bits per heavy atom. The van der Waals surface area contributed by atoms with Gasteiger partial charge < -0.3 is 15.6 Å². The molecule has 5 nitrogen and oxygen atoms in total. The molecule has 3 rings (SSSR count). The topological polar surface area (TPSA) is 72.9 Å². The Labute approximate surface area is 161 Å². The van der Waals surface area contributed by atoms with E-state index in [1.165, 1.54) is 19.3 Å². The molecule has 140 valence electrons.